The van der Waals surface area contributed by atoms with E-state index in [1.165, 1.54) is 5.56 Å². The van der Waals surface area contributed by atoms with Crippen molar-refractivity contribution in [1.82, 2.24) is 10.1 Å². The zero-order valence-corrected chi connectivity index (χ0v) is 10.2. The van der Waals surface area contributed by atoms with Crippen LogP contribution in [0.25, 0.3) is 11.5 Å². The highest BCUT2D eigenvalue weighted by atomic mass is 16.5. The molecule has 0 fully saturated rings. The molecular weight excluding hydrogens is 214 g/mol. The van der Waals surface area contributed by atoms with E-state index in [9.17, 15) is 0 Å². The van der Waals surface area contributed by atoms with Crippen LogP contribution in [-0.4, -0.2) is 16.7 Å². The Morgan fingerprint density at radius 3 is 2.59 bits per heavy atom. The van der Waals surface area contributed by atoms with Crippen LogP contribution in [0.3, 0.4) is 0 Å². The summed E-state index contributed by atoms with van der Waals surface area (Å²) in [7, 11) is 0. The van der Waals surface area contributed by atoms with Gasteiger partial charge in [-0.25, -0.2) is 0 Å². The SMILES string of the molecule is CCc1ccc(-c2nc(C(C)CN)no2)cc1. The molecule has 0 aliphatic carbocycles. The molecule has 2 N–H and O–H groups in total. The zero-order valence-electron chi connectivity index (χ0n) is 10.2. The molecule has 0 aliphatic heterocycles. The van der Waals surface area contributed by atoms with Gasteiger partial charge in [0, 0.05) is 18.0 Å². The second-order valence-corrected chi connectivity index (χ2v) is 4.14. The van der Waals surface area contributed by atoms with Crippen LogP contribution in [0.1, 0.15) is 31.2 Å². The minimum Gasteiger partial charge on any atom is -0.334 e. The minimum absolute atomic E-state index is 0.127. The molecule has 1 atom stereocenters. The van der Waals surface area contributed by atoms with Crippen molar-refractivity contribution in [2.45, 2.75) is 26.2 Å². The average molecular weight is 231 g/mol. The first-order valence-corrected chi connectivity index (χ1v) is 5.87. The lowest BCUT2D eigenvalue weighted by Crippen LogP contribution is -2.10. The van der Waals surface area contributed by atoms with E-state index < -0.39 is 0 Å². The first kappa shape index (κ1) is 11.8. The van der Waals surface area contributed by atoms with E-state index >= 15 is 0 Å². The van der Waals surface area contributed by atoms with Crippen LogP contribution >= 0.6 is 0 Å². The van der Waals surface area contributed by atoms with Gasteiger partial charge in [0.15, 0.2) is 5.82 Å². The van der Waals surface area contributed by atoms with Gasteiger partial charge in [-0.1, -0.05) is 31.1 Å². The molecule has 1 aromatic carbocycles. The number of aryl methyl sites for hydroxylation is 1. The van der Waals surface area contributed by atoms with Gasteiger partial charge < -0.3 is 10.3 Å². The van der Waals surface area contributed by atoms with E-state index in [1.807, 2.05) is 19.1 Å². The monoisotopic (exact) mass is 231 g/mol. The van der Waals surface area contributed by atoms with Crippen molar-refractivity contribution in [2.75, 3.05) is 6.54 Å². The molecule has 2 rings (SSSR count). The van der Waals surface area contributed by atoms with Crippen molar-refractivity contribution in [3.05, 3.63) is 35.7 Å². The van der Waals surface area contributed by atoms with Crippen LogP contribution in [0, 0.1) is 0 Å². The van der Waals surface area contributed by atoms with Gasteiger partial charge in [-0.2, -0.15) is 4.98 Å². The fourth-order valence-electron chi connectivity index (χ4n) is 1.54. The van der Waals surface area contributed by atoms with Gasteiger partial charge in [-0.3, -0.25) is 0 Å². The predicted molar refractivity (Wildman–Crippen MR) is 66.6 cm³/mol. The molecule has 0 saturated heterocycles. The summed E-state index contributed by atoms with van der Waals surface area (Å²) < 4.78 is 5.23. The van der Waals surface area contributed by atoms with Crippen LogP contribution in [0.4, 0.5) is 0 Å². The first-order valence-electron chi connectivity index (χ1n) is 5.87. The minimum atomic E-state index is 0.127. The maximum atomic E-state index is 5.57. The standard InChI is InChI=1S/C13H17N3O/c1-3-10-4-6-11(7-5-10)13-15-12(16-17-13)9(2)8-14/h4-7,9H,3,8,14H2,1-2H3. The van der Waals surface area contributed by atoms with Crippen molar-refractivity contribution in [3.63, 3.8) is 0 Å². The topological polar surface area (TPSA) is 64.9 Å². The summed E-state index contributed by atoms with van der Waals surface area (Å²) in [4.78, 5) is 4.35. The number of rotatable bonds is 4. The summed E-state index contributed by atoms with van der Waals surface area (Å²) in [5.74, 6) is 1.35. The molecule has 1 unspecified atom stereocenters. The van der Waals surface area contributed by atoms with Crippen LogP contribution < -0.4 is 5.73 Å². The third-order valence-corrected chi connectivity index (χ3v) is 2.85. The summed E-state index contributed by atoms with van der Waals surface area (Å²) in [5.41, 5.74) is 7.81. The second kappa shape index (κ2) is 5.10. The number of nitrogens with two attached hydrogens (primary N) is 1. The van der Waals surface area contributed by atoms with Crippen LogP contribution in [0.5, 0.6) is 0 Å². The number of hydrogen-bond donors (Lipinski definition) is 1. The molecule has 1 aromatic heterocycles. The summed E-state index contributed by atoms with van der Waals surface area (Å²) in [6, 6.07) is 8.16. The van der Waals surface area contributed by atoms with Gasteiger partial charge in [0.1, 0.15) is 0 Å². The lowest BCUT2D eigenvalue weighted by Gasteiger charge is -1.99. The molecule has 0 aliphatic rings. The summed E-state index contributed by atoms with van der Waals surface area (Å²) in [5, 5.41) is 3.94. The van der Waals surface area contributed by atoms with E-state index in [1.54, 1.807) is 0 Å². The van der Waals surface area contributed by atoms with Crippen LogP contribution in [-0.2, 0) is 6.42 Å². The Labute approximate surface area is 101 Å². The maximum absolute atomic E-state index is 5.57. The van der Waals surface area contributed by atoms with Gasteiger partial charge in [0.2, 0.25) is 0 Å². The number of nitrogens with zero attached hydrogens (tertiary/aromatic N) is 2. The number of hydrogen-bond acceptors (Lipinski definition) is 4. The van der Waals surface area contributed by atoms with Gasteiger partial charge in [-0.05, 0) is 24.1 Å². The third kappa shape index (κ3) is 2.53. The van der Waals surface area contributed by atoms with E-state index in [0.717, 1.165) is 12.0 Å². The first-order chi connectivity index (χ1) is 8.24. The largest absolute Gasteiger partial charge is 0.334 e. The van der Waals surface area contributed by atoms with E-state index in [4.69, 9.17) is 10.3 Å². The van der Waals surface area contributed by atoms with Gasteiger partial charge >= 0.3 is 0 Å². The Kier molecular flexibility index (Phi) is 3.54. The molecular formula is C13H17N3O. The quantitative estimate of drug-likeness (QED) is 0.877. The van der Waals surface area contributed by atoms with Gasteiger partial charge in [0.25, 0.3) is 5.89 Å². The van der Waals surface area contributed by atoms with Crippen molar-refractivity contribution >= 4 is 0 Å². The molecule has 0 saturated carbocycles. The highest BCUT2D eigenvalue weighted by Crippen LogP contribution is 2.20. The van der Waals surface area contributed by atoms with Crippen molar-refractivity contribution in [2.24, 2.45) is 5.73 Å². The Morgan fingerprint density at radius 1 is 1.29 bits per heavy atom. The third-order valence-electron chi connectivity index (χ3n) is 2.85. The van der Waals surface area contributed by atoms with E-state index in [0.29, 0.717) is 18.3 Å². The van der Waals surface area contributed by atoms with Crippen molar-refractivity contribution in [3.8, 4) is 11.5 Å². The Morgan fingerprint density at radius 2 is 2.00 bits per heavy atom. The van der Waals surface area contributed by atoms with Crippen molar-refractivity contribution < 1.29 is 4.52 Å². The molecule has 1 heterocycles. The molecule has 90 valence electrons. The summed E-state index contributed by atoms with van der Waals surface area (Å²) >= 11 is 0. The molecule has 4 nitrogen and oxygen atoms in total. The fourth-order valence-corrected chi connectivity index (χ4v) is 1.54. The Bertz CT molecular complexity index is 476. The van der Waals surface area contributed by atoms with E-state index in [-0.39, 0.29) is 5.92 Å². The zero-order chi connectivity index (χ0) is 12.3. The predicted octanol–water partition coefficient (Wildman–Crippen LogP) is 2.36. The molecule has 17 heavy (non-hydrogen) atoms. The highest BCUT2D eigenvalue weighted by molar-refractivity contribution is 5.53. The smallest absolute Gasteiger partial charge is 0.257 e. The summed E-state index contributed by atoms with van der Waals surface area (Å²) in [6.45, 7) is 4.63. The van der Waals surface area contributed by atoms with Gasteiger partial charge in [0.05, 0.1) is 0 Å². The maximum Gasteiger partial charge on any atom is 0.257 e. The number of aromatic nitrogens is 2. The lowest BCUT2D eigenvalue weighted by atomic mass is 10.1. The van der Waals surface area contributed by atoms with Crippen LogP contribution in [0.15, 0.2) is 28.8 Å². The molecule has 0 bridgehead atoms. The Hall–Kier alpha value is -1.68. The average Bonchev–Trinajstić information content (AvgIpc) is 2.87. The number of benzene rings is 1. The summed E-state index contributed by atoms with van der Waals surface area (Å²) in [6.07, 6.45) is 1.03. The molecule has 4 heteroatoms. The van der Waals surface area contributed by atoms with Crippen molar-refractivity contribution in [1.29, 1.82) is 0 Å². The molecule has 0 spiro atoms. The molecule has 0 amide bonds. The second-order valence-electron chi connectivity index (χ2n) is 4.14. The lowest BCUT2D eigenvalue weighted by molar-refractivity contribution is 0.418. The molecule has 0 radical (unpaired) electrons. The van der Waals surface area contributed by atoms with E-state index in [2.05, 4.69) is 29.2 Å². The van der Waals surface area contributed by atoms with Crippen LogP contribution in [0.2, 0.25) is 0 Å². The fraction of sp³-hybridized carbons (Fsp3) is 0.385. The highest BCUT2D eigenvalue weighted by Gasteiger charge is 2.13. The molecule has 2 aromatic rings. The van der Waals surface area contributed by atoms with Gasteiger partial charge in [-0.15, -0.1) is 0 Å². The Balaban J connectivity index is 2.24. The normalized spacial score (nSPS) is 12.6.